The monoisotopic (exact) mass is 203 g/mol. The topological polar surface area (TPSA) is 52.3 Å². The standard InChI is InChI=1S/C6H11F2NO2.ClH/c1-6(7,8)3-4(9)5(10)11-2;/h4H,3,9H2,1-2H3;1H/t4-;/m0./s1. The first kappa shape index (κ1) is 14.1. The van der Waals surface area contributed by atoms with Crippen LogP contribution < -0.4 is 5.73 Å². The number of rotatable bonds is 3. The van der Waals surface area contributed by atoms with Gasteiger partial charge in [0.25, 0.3) is 0 Å². The summed E-state index contributed by atoms with van der Waals surface area (Å²) in [6.07, 6.45) is -0.681. The van der Waals surface area contributed by atoms with Crippen molar-refractivity contribution in [3.05, 3.63) is 0 Å². The molecule has 0 heterocycles. The predicted octanol–water partition coefficient (Wildman–Crippen LogP) is 0.954. The van der Waals surface area contributed by atoms with Crippen molar-refractivity contribution in [2.45, 2.75) is 25.3 Å². The van der Waals surface area contributed by atoms with E-state index in [0.717, 1.165) is 7.11 Å². The van der Waals surface area contributed by atoms with Gasteiger partial charge in [-0.1, -0.05) is 0 Å². The van der Waals surface area contributed by atoms with Crippen LogP contribution in [0.2, 0.25) is 0 Å². The van der Waals surface area contributed by atoms with Gasteiger partial charge in [0.05, 0.1) is 7.11 Å². The first-order valence-corrected chi connectivity index (χ1v) is 3.08. The number of methoxy groups -OCH3 is 1. The average Bonchev–Trinajstić information content (AvgIpc) is 1.82. The second-order valence-electron chi connectivity index (χ2n) is 2.40. The second-order valence-corrected chi connectivity index (χ2v) is 2.40. The molecule has 2 N–H and O–H groups in total. The van der Waals surface area contributed by atoms with E-state index in [9.17, 15) is 13.6 Å². The summed E-state index contributed by atoms with van der Waals surface area (Å²) in [6, 6.07) is -1.24. The van der Waals surface area contributed by atoms with Gasteiger partial charge in [0, 0.05) is 6.42 Å². The normalized spacial score (nSPS) is 13.1. The highest BCUT2D eigenvalue weighted by Crippen LogP contribution is 2.18. The third kappa shape index (κ3) is 6.30. The number of hydrogen-bond donors (Lipinski definition) is 1. The zero-order chi connectivity index (χ0) is 9.07. The Kier molecular flexibility index (Phi) is 6.20. The summed E-state index contributed by atoms with van der Waals surface area (Å²) >= 11 is 0. The highest BCUT2D eigenvalue weighted by molar-refractivity contribution is 5.85. The third-order valence-corrected chi connectivity index (χ3v) is 1.08. The van der Waals surface area contributed by atoms with Crippen molar-refractivity contribution in [3.63, 3.8) is 0 Å². The SMILES string of the molecule is COC(=O)[C@@H](N)CC(C)(F)F.Cl. The van der Waals surface area contributed by atoms with Crippen molar-refractivity contribution < 1.29 is 18.3 Å². The van der Waals surface area contributed by atoms with Crippen LogP contribution in [0.5, 0.6) is 0 Å². The Bertz CT molecular complexity index is 149. The molecule has 1 atom stereocenters. The van der Waals surface area contributed by atoms with Crippen LogP contribution in [0.15, 0.2) is 0 Å². The maximum Gasteiger partial charge on any atom is 0.322 e. The van der Waals surface area contributed by atoms with Crippen LogP contribution in [-0.2, 0) is 9.53 Å². The fourth-order valence-corrected chi connectivity index (χ4v) is 0.621. The summed E-state index contributed by atoms with van der Waals surface area (Å²) in [5.41, 5.74) is 5.06. The smallest absolute Gasteiger partial charge is 0.322 e. The Labute approximate surface area is 75.7 Å². The molecule has 0 aromatic rings. The number of carbonyl (C=O) groups excluding carboxylic acids is 1. The molecule has 0 aromatic carbocycles. The zero-order valence-electron chi connectivity index (χ0n) is 6.84. The van der Waals surface area contributed by atoms with Gasteiger partial charge in [-0.25, -0.2) is 8.78 Å². The number of ether oxygens (including phenoxy) is 1. The summed E-state index contributed by atoms with van der Waals surface area (Å²) in [5, 5.41) is 0. The number of carbonyl (C=O) groups is 1. The summed E-state index contributed by atoms with van der Waals surface area (Å²) in [6.45, 7) is 0.704. The van der Waals surface area contributed by atoms with Gasteiger partial charge in [-0.05, 0) is 6.92 Å². The maximum absolute atomic E-state index is 12.2. The van der Waals surface area contributed by atoms with E-state index in [1.54, 1.807) is 0 Å². The molecular formula is C6H12ClF2NO2. The van der Waals surface area contributed by atoms with Crippen molar-refractivity contribution >= 4 is 18.4 Å². The van der Waals surface area contributed by atoms with Crippen LogP contribution in [0, 0.1) is 0 Å². The van der Waals surface area contributed by atoms with Crippen LogP contribution in [-0.4, -0.2) is 25.0 Å². The van der Waals surface area contributed by atoms with Crippen molar-refractivity contribution in [2.75, 3.05) is 7.11 Å². The molecule has 0 unspecified atom stereocenters. The van der Waals surface area contributed by atoms with E-state index < -0.39 is 24.4 Å². The fourth-order valence-electron chi connectivity index (χ4n) is 0.621. The third-order valence-electron chi connectivity index (χ3n) is 1.08. The number of esters is 1. The zero-order valence-corrected chi connectivity index (χ0v) is 7.66. The largest absolute Gasteiger partial charge is 0.468 e. The molecule has 0 radical (unpaired) electrons. The van der Waals surface area contributed by atoms with Crippen molar-refractivity contribution in [3.8, 4) is 0 Å². The predicted molar refractivity (Wildman–Crippen MR) is 42.5 cm³/mol. The van der Waals surface area contributed by atoms with Crippen molar-refractivity contribution in [1.29, 1.82) is 0 Å². The lowest BCUT2D eigenvalue weighted by Crippen LogP contribution is -2.36. The van der Waals surface area contributed by atoms with Gasteiger partial charge < -0.3 is 10.5 Å². The van der Waals surface area contributed by atoms with E-state index >= 15 is 0 Å². The molecule has 0 amide bonds. The summed E-state index contributed by atoms with van der Waals surface area (Å²) in [5.74, 6) is -3.74. The molecule has 3 nitrogen and oxygen atoms in total. The molecule has 74 valence electrons. The van der Waals surface area contributed by atoms with Gasteiger partial charge in [-0.15, -0.1) is 12.4 Å². The highest BCUT2D eigenvalue weighted by Gasteiger charge is 2.28. The minimum Gasteiger partial charge on any atom is -0.468 e. The van der Waals surface area contributed by atoms with E-state index in [0.29, 0.717) is 6.92 Å². The van der Waals surface area contributed by atoms with Crippen molar-refractivity contribution in [2.24, 2.45) is 5.73 Å². The van der Waals surface area contributed by atoms with Crippen LogP contribution in [0.25, 0.3) is 0 Å². The molecule has 0 bridgehead atoms. The van der Waals surface area contributed by atoms with E-state index in [1.165, 1.54) is 0 Å². The molecule has 0 aliphatic heterocycles. The van der Waals surface area contributed by atoms with Gasteiger partial charge >= 0.3 is 5.97 Å². The minimum atomic E-state index is -2.92. The molecule has 0 aliphatic rings. The lowest BCUT2D eigenvalue weighted by molar-refractivity contribution is -0.144. The Balaban J connectivity index is 0. The van der Waals surface area contributed by atoms with E-state index in [2.05, 4.69) is 4.74 Å². The lowest BCUT2D eigenvalue weighted by atomic mass is 10.1. The van der Waals surface area contributed by atoms with Gasteiger partial charge in [0.1, 0.15) is 6.04 Å². The molecule has 0 spiro atoms. The molecule has 0 aliphatic carbocycles. The van der Waals surface area contributed by atoms with Gasteiger partial charge in [-0.2, -0.15) is 0 Å². The summed E-state index contributed by atoms with van der Waals surface area (Å²) in [4.78, 5) is 10.5. The Morgan fingerprint density at radius 3 is 2.33 bits per heavy atom. The Morgan fingerprint density at radius 1 is 1.67 bits per heavy atom. The molecule has 0 aromatic heterocycles. The van der Waals surface area contributed by atoms with E-state index in [4.69, 9.17) is 5.73 Å². The van der Waals surface area contributed by atoms with Crippen LogP contribution in [0.4, 0.5) is 8.78 Å². The van der Waals surface area contributed by atoms with Crippen molar-refractivity contribution in [1.82, 2.24) is 0 Å². The highest BCUT2D eigenvalue weighted by atomic mass is 35.5. The Morgan fingerprint density at radius 2 is 2.08 bits per heavy atom. The lowest BCUT2D eigenvalue weighted by Gasteiger charge is -2.13. The van der Waals surface area contributed by atoms with Gasteiger partial charge in [-0.3, -0.25) is 4.79 Å². The first-order chi connectivity index (χ1) is 4.87. The number of alkyl halides is 2. The molecule has 0 rings (SSSR count). The van der Waals surface area contributed by atoms with E-state index in [1.807, 2.05) is 0 Å². The number of halogens is 3. The van der Waals surface area contributed by atoms with Crippen LogP contribution in [0.1, 0.15) is 13.3 Å². The average molecular weight is 204 g/mol. The first-order valence-electron chi connectivity index (χ1n) is 3.08. The Hall–Kier alpha value is -0.420. The molecule has 12 heavy (non-hydrogen) atoms. The molecule has 6 heteroatoms. The summed E-state index contributed by atoms with van der Waals surface area (Å²) in [7, 11) is 1.11. The molecule has 0 fully saturated rings. The van der Waals surface area contributed by atoms with Crippen LogP contribution >= 0.6 is 12.4 Å². The maximum atomic E-state index is 12.2. The molecule has 0 saturated carbocycles. The number of nitrogens with two attached hydrogens (primary N) is 1. The number of hydrogen-bond acceptors (Lipinski definition) is 3. The summed E-state index contributed by atoms with van der Waals surface area (Å²) < 4.78 is 28.5. The van der Waals surface area contributed by atoms with Crippen LogP contribution in [0.3, 0.4) is 0 Å². The van der Waals surface area contributed by atoms with Gasteiger partial charge in [0.15, 0.2) is 0 Å². The van der Waals surface area contributed by atoms with Gasteiger partial charge in [0.2, 0.25) is 5.92 Å². The fraction of sp³-hybridized carbons (Fsp3) is 0.833. The molecule has 0 saturated heterocycles. The molecular weight excluding hydrogens is 192 g/mol. The quantitative estimate of drug-likeness (QED) is 0.695. The second kappa shape index (κ2) is 5.27. The minimum absolute atomic E-state index is 0. The van der Waals surface area contributed by atoms with E-state index in [-0.39, 0.29) is 12.4 Å².